The largest absolute Gasteiger partial charge is 0.282 e. The first kappa shape index (κ1) is 20.1. The first-order valence-electron chi connectivity index (χ1n) is 7.54. The third-order valence-corrected chi connectivity index (χ3v) is 5.34. The van der Waals surface area contributed by atoms with Crippen LogP contribution < -0.4 is 0 Å². The van der Waals surface area contributed by atoms with E-state index >= 15 is 0 Å². The van der Waals surface area contributed by atoms with E-state index in [-0.39, 0.29) is 21.4 Å². The second kappa shape index (κ2) is 8.47. The van der Waals surface area contributed by atoms with Crippen molar-refractivity contribution in [3.63, 3.8) is 0 Å². The number of halogens is 2. The van der Waals surface area contributed by atoms with Crippen LogP contribution in [0, 0.1) is 11.6 Å². The summed E-state index contributed by atoms with van der Waals surface area (Å²) >= 11 is 1.73. The van der Waals surface area contributed by atoms with Crippen LogP contribution in [0.2, 0.25) is 0 Å². The Morgan fingerprint density at radius 3 is 1.38 bits per heavy atom. The van der Waals surface area contributed by atoms with E-state index in [9.17, 15) is 18.4 Å². The fraction of sp³-hybridized carbons (Fsp3) is 0.100. The summed E-state index contributed by atoms with van der Waals surface area (Å²) in [6, 6.07) is 8.33. The quantitative estimate of drug-likeness (QED) is 0.462. The van der Waals surface area contributed by atoms with Gasteiger partial charge in [0.05, 0.1) is 0 Å². The van der Waals surface area contributed by atoms with E-state index in [1.54, 1.807) is 26.0 Å². The Morgan fingerprint density at radius 1 is 0.769 bits per heavy atom. The highest BCUT2D eigenvalue weighted by molar-refractivity contribution is 8.14. The van der Waals surface area contributed by atoms with Gasteiger partial charge in [-0.15, -0.1) is 0 Å². The summed E-state index contributed by atoms with van der Waals surface area (Å²) in [6.45, 7) is 10.2. The number of hydrogen-bond donors (Lipinski definition) is 0. The average molecular weight is 390 g/mol. The molecular weight excluding hydrogens is 374 g/mol. The summed E-state index contributed by atoms with van der Waals surface area (Å²) in [5, 5.41) is -0.515. The van der Waals surface area contributed by atoms with Crippen LogP contribution in [0.15, 0.2) is 70.5 Å². The molecule has 0 heterocycles. The molecule has 0 unspecified atom stereocenters. The summed E-state index contributed by atoms with van der Waals surface area (Å²) in [5.41, 5.74) is 0.889. The molecular formula is C20H16F2O2S2. The minimum atomic E-state index is -0.637. The molecule has 0 amide bonds. The third-order valence-electron chi connectivity index (χ3n) is 3.29. The van der Waals surface area contributed by atoms with E-state index in [4.69, 9.17) is 0 Å². The van der Waals surface area contributed by atoms with Gasteiger partial charge in [-0.1, -0.05) is 25.3 Å². The number of thioether (sulfide) groups is 2. The van der Waals surface area contributed by atoms with Gasteiger partial charge in [0.25, 0.3) is 0 Å². The van der Waals surface area contributed by atoms with Crippen molar-refractivity contribution in [2.45, 2.75) is 23.6 Å². The predicted molar refractivity (Wildman–Crippen MR) is 103 cm³/mol. The number of carbonyl (C=O) groups excluding carboxylic acids is 2. The maximum absolute atomic E-state index is 14.4. The third kappa shape index (κ3) is 4.93. The van der Waals surface area contributed by atoms with Crippen molar-refractivity contribution in [3.05, 3.63) is 72.3 Å². The van der Waals surface area contributed by atoms with E-state index < -0.39 is 11.6 Å². The number of rotatable bonds is 5. The Balaban J connectivity index is 2.28. The van der Waals surface area contributed by atoms with Gasteiger partial charge in [0.1, 0.15) is 11.6 Å². The normalized spacial score (nSPS) is 10.5. The highest BCUT2D eigenvalue weighted by Crippen LogP contribution is 2.32. The zero-order valence-corrected chi connectivity index (χ0v) is 15.9. The molecule has 0 N–H and O–H groups in total. The number of benzene rings is 2. The smallest absolute Gasteiger partial charge is 0.219 e. The predicted octanol–water partition coefficient (Wildman–Crippen LogP) is 6.02. The minimum Gasteiger partial charge on any atom is -0.282 e. The summed E-state index contributed by atoms with van der Waals surface area (Å²) in [5.74, 6) is -1.27. The molecule has 0 atom stereocenters. The molecule has 0 saturated carbocycles. The molecule has 0 aromatic heterocycles. The van der Waals surface area contributed by atoms with Crippen LogP contribution in [0.1, 0.15) is 13.8 Å². The number of carbonyl (C=O) groups is 2. The Morgan fingerprint density at radius 2 is 1.12 bits per heavy atom. The standard InChI is InChI=1S/C20H16F2O2S2/c1-11(2)19(23)25-13-5-7-15(17(21)9-13)16-8-6-14(10-18(16)22)26-20(24)12(3)4/h5-10H,1,3H2,2,4H3. The lowest BCUT2D eigenvalue weighted by Crippen LogP contribution is -1.94. The van der Waals surface area contributed by atoms with Crippen LogP contribution in [0.4, 0.5) is 8.78 Å². The summed E-state index contributed by atoms with van der Waals surface area (Å²) in [6.07, 6.45) is 0. The molecule has 0 radical (unpaired) electrons. The SMILES string of the molecule is C=C(C)C(=O)Sc1ccc(-c2ccc(SC(=O)C(=C)C)cc2F)c(F)c1. The van der Waals surface area contributed by atoms with Crippen LogP contribution in [-0.2, 0) is 9.59 Å². The van der Waals surface area contributed by atoms with E-state index in [1.165, 1.54) is 24.3 Å². The van der Waals surface area contributed by atoms with Gasteiger partial charge in [0, 0.05) is 20.9 Å². The van der Waals surface area contributed by atoms with Gasteiger partial charge in [-0.05, 0) is 72.8 Å². The van der Waals surface area contributed by atoms with Crippen LogP contribution >= 0.6 is 23.5 Å². The van der Waals surface area contributed by atoms with Crippen LogP contribution in [0.25, 0.3) is 11.1 Å². The highest BCUT2D eigenvalue weighted by Gasteiger charge is 2.14. The van der Waals surface area contributed by atoms with E-state index in [2.05, 4.69) is 13.2 Å². The molecule has 0 fully saturated rings. The fourth-order valence-corrected chi connectivity index (χ4v) is 3.32. The molecule has 2 nitrogen and oxygen atoms in total. The van der Waals surface area contributed by atoms with Crippen molar-refractivity contribution in [2.24, 2.45) is 0 Å². The van der Waals surface area contributed by atoms with Gasteiger partial charge in [-0.2, -0.15) is 0 Å². The first-order valence-corrected chi connectivity index (χ1v) is 9.17. The maximum atomic E-state index is 14.4. The lowest BCUT2D eigenvalue weighted by molar-refractivity contribution is -0.108. The number of hydrogen-bond acceptors (Lipinski definition) is 4. The van der Waals surface area contributed by atoms with Crippen LogP contribution in [-0.4, -0.2) is 10.2 Å². The van der Waals surface area contributed by atoms with Crippen molar-refractivity contribution in [3.8, 4) is 11.1 Å². The van der Waals surface area contributed by atoms with E-state index in [0.29, 0.717) is 20.9 Å². The second-order valence-electron chi connectivity index (χ2n) is 5.62. The van der Waals surface area contributed by atoms with Crippen molar-refractivity contribution >= 4 is 33.8 Å². The molecule has 2 rings (SSSR count). The van der Waals surface area contributed by atoms with Gasteiger partial charge < -0.3 is 0 Å². The lowest BCUT2D eigenvalue weighted by atomic mass is 10.0. The summed E-state index contributed by atoms with van der Waals surface area (Å²) in [4.78, 5) is 24.1. The first-order chi connectivity index (χ1) is 12.2. The minimum absolute atomic E-state index is 0.0809. The molecule has 0 aliphatic carbocycles. The van der Waals surface area contributed by atoms with Crippen molar-refractivity contribution in [2.75, 3.05) is 0 Å². The van der Waals surface area contributed by atoms with E-state index in [0.717, 1.165) is 23.5 Å². The van der Waals surface area contributed by atoms with Gasteiger partial charge in [-0.25, -0.2) is 8.78 Å². The Bertz CT molecular complexity index is 845. The zero-order valence-electron chi connectivity index (χ0n) is 14.3. The maximum Gasteiger partial charge on any atom is 0.219 e. The van der Waals surface area contributed by atoms with Gasteiger partial charge in [0.2, 0.25) is 10.2 Å². The van der Waals surface area contributed by atoms with Crippen molar-refractivity contribution in [1.82, 2.24) is 0 Å². The molecule has 26 heavy (non-hydrogen) atoms. The molecule has 2 aromatic carbocycles. The lowest BCUT2D eigenvalue weighted by Gasteiger charge is -2.09. The monoisotopic (exact) mass is 390 g/mol. The average Bonchev–Trinajstić information content (AvgIpc) is 2.55. The molecule has 6 heteroatoms. The highest BCUT2D eigenvalue weighted by atomic mass is 32.2. The molecule has 0 saturated heterocycles. The van der Waals surface area contributed by atoms with E-state index in [1.807, 2.05) is 0 Å². The van der Waals surface area contributed by atoms with Gasteiger partial charge in [0.15, 0.2) is 0 Å². The van der Waals surface area contributed by atoms with Crippen LogP contribution in [0.3, 0.4) is 0 Å². The summed E-state index contributed by atoms with van der Waals surface area (Å²) < 4.78 is 28.8. The zero-order chi connectivity index (χ0) is 19.4. The molecule has 0 aliphatic heterocycles. The van der Waals surface area contributed by atoms with Crippen molar-refractivity contribution < 1.29 is 18.4 Å². The molecule has 0 aliphatic rings. The Labute approximate surface area is 159 Å². The Hall–Kier alpha value is -2.18. The van der Waals surface area contributed by atoms with Crippen LogP contribution in [0.5, 0.6) is 0 Å². The Kier molecular flexibility index (Phi) is 6.56. The molecule has 0 bridgehead atoms. The van der Waals surface area contributed by atoms with Gasteiger partial charge >= 0.3 is 0 Å². The molecule has 0 spiro atoms. The van der Waals surface area contributed by atoms with Crippen molar-refractivity contribution in [1.29, 1.82) is 0 Å². The van der Waals surface area contributed by atoms with Gasteiger partial charge in [-0.3, -0.25) is 9.59 Å². The fourth-order valence-electron chi connectivity index (χ4n) is 1.94. The second-order valence-corrected chi connectivity index (χ2v) is 7.72. The summed E-state index contributed by atoms with van der Waals surface area (Å²) in [7, 11) is 0. The molecule has 2 aromatic rings. The molecule has 134 valence electrons. The topological polar surface area (TPSA) is 34.1 Å².